The Bertz CT molecular complexity index is 683. The maximum atomic E-state index is 11.6. The van der Waals surface area contributed by atoms with Gasteiger partial charge in [0.05, 0.1) is 7.11 Å². The first kappa shape index (κ1) is 15.4. The average molecular weight is 308 g/mol. The van der Waals surface area contributed by atoms with Crippen molar-refractivity contribution in [2.75, 3.05) is 12.4 Å². The summed E-state index contributed by atoms with van der Waals surface area (Å²) in [6.45, 7) is 4.37. The highest BCUT2D eigenvalue weighted by molar-refractivity contribution is 6.31. The van der Waals surface area contributed by atoms with E-state index in [0.717, 1.165) is 5.56 Å². The molecule has 1 heterocycles. The molecule has 112 valence electrons. The third-order valence-electron chi connectivity index (χ3n) is 3.05. The van der Waals surface area contributed by atoms with Gasteiger partial charge in [-0.1, -0.05) is 31.5 Å². The number of nitrogens with one attached hydrogen (secondary N) is 2. The Morgan fingerprint density at radius 3 is 2.86 bits per heavy atom. The van der Waals surface area contributed by atoms with Crippen molar-refractivity contribution >= 4 is 17.4 Å². The third kappa shape index (κ3) is 3.76. The fourth-order valence-electron chi connectivity index (χ4n) is 1.92. The van der Waals surface area contributed by atoms with E-state index in [4.69, 9.17) is 16.3 Å². The molecule has 5 nitrogen and oxygen atoms in total. The molecule has 0 saturated heterocycles. The number of hydrogen-bond donors (Lipinski definition) is 2. The van der Waals surface area contributed by atoms with Gasteiger partial charge in [0.25, 0.3) is 5.56 Å². The molecule has 0 aliphatic heterocycles. The van der Waals surface area contributed by atoms with Crippen LogP contribution in [0.5, 0.6) is 5.75 Å². The number of nitrogens with zero attached hydrogens (tertiary/aromatic N) is 1. The predicted octanol–water partition coefficient (Wildman–Crippen LogP) is 3.17. The molecule has 0 unspecified atom stereocenters. The van der Waals surface area contributed by atoms with Crippen molar-refractivity contribution in [3.05, 3.63) is 51.0 Å². The molecule has 0 aliphatic rings. The van der Waals surface area contributed by atoms with Crippen molar-refractivity contribution in [1.82, 2.24) is 9.97 Å². The molecule has 0 aliphatic carbocycles. The highest BCUT2D eigenvalue weighted by Crippen LogP contribution is 2.26. The molecule has 2 rings (SSSR count). The van der Waals surface area contributed by atoms with Crippen molar-refractivity contribution in [3.8, 4) is 5.75 Å². The normalized spacial score (nSPS) is 10.7. The first-order chi connectivity index (χ1) is 10.0. The monoisotopic (exact) mass is 307 g/mol. The average Bonchev–Trinajstić information content (AvgIpc) is 2.45. The van der Waals surface area contributed by atoms with Crippen molar-refractivity contribution in [1.29, 1.82) is 0 Å². The number of rotatable bonds is 5. The predicted molar refractivity (Wildman–Crippen MR) is 84.3 cm³/mol. The maximum absolute atomic E-state index is 11.6. The summed E-state index contributed by atoms with van der Waals surface area (Å²) in [7, 11) is 1.59. The number of benzene rings is 1. The maximum Gasteiger partial charge on any atom is 0.252 e. The molecule has 1 aromatic heterocycles. The summed E-state index contributed by atoms with van der Waals surface area (Å²) >= 11 is 6.18. The van der Waals surface area contributed by atoms with Crippen LogP contribution in [0.15, 0.2) is 29.1 Å². The van der Waals surface area contributed by atoms with Crippen molar-refractivity contribution in [3.63, 3.8) is 0 Å². The Balaban J connectivity index is 2.23. The summed E-state index contributed by atoms with van der Waals surface area (Å²) in [6, 6.07) is 6.89. The molecule has 0 saturated carbocycles. The number of anilines is 1. The Labute approximate surface area is 128 Å². The van der Waals surface area contributed by atoms with Gasteiger partial charge in [-0.15, -0.1) is 0 Å². The molecule has 0 radical (unpaired) electrons. The number of ether oxygens (including phenoxy) is 1. The minimum atomic E-state index is -0.178. The van der Waals surface area contributed by atoms with Gasteiger partial charge in [-0.05, 0) is 12.1 Å². The fourth-order valence-corrected chi connectivity index (χ4v) is 2.15. The zero-order valence-electron chi connectivity index (χ0n) is 12.2. The summed E-state index contributed by atoms with van der Waals surface area (Å²) in [5, 5.41) is 3.72. The van der Waals surface area contributed by atoms with Gasteiger partial charge >= 0.3 is 0 Å². The molecule has 0 amide bonds. The van der Waals surface area contributed by atoms with E-state index in [1.165, 1.54) is 6.07 Å². The van der Waals surface area contributed by atoms with Crippen LogP contribution >= 0.6 is 11.6 Å². The third-order valence-corrected chi connectivity index (χ3v) is 3.40. The van der Waals surface area contributed by atoms with E-state index < -0.39 is 0 Å². The Kier molecular flexibility index (Phi) is 4.85. The van der Waals surface area contributed by atoms with Crippen LogP contribution in [0.1, 0.15) is 31.2 Å². The Hall–Kier alpha value is -2.01. The lowest BCUT2D eigenvalue weighted by atomic mass is 10.2. The van der Waals surface area contributed by atoms with E-state index in [9.17, 15) is 4.79 Å². The number of aromatic amines is 1. The van der Waals surface area contributed by atoms with E-state index in [1.54, 1.807) is 13.2 Å². The minimum absolute atomic E-state index is 0.147. The van der Waals surface area contributed by atoms with Gasteiger partial charge in [0.1, 0.15) is 17.4 Å². The first-order valence-corrected chi connectivity index (χ1v) is 7.05. The van der Waals surface area contributed by atoms with E-state index in [0.29, 0.717) is 29.0 Å². The lowest BCUT2D eigenvalue weighted by Crippen LogP contribution is -2.14. The van der Waals surface area contributed by atoms with Crippen molar-refractivity contribution in [2.24, 2.45) is 0 Å². The van der Waals surface area contributed by atoms with Gasteiger partial charge in [-0.2, -0.15) is 0 Å². The van der Waals surface area contributed by atoms with E-state index in [-0.39, 0.29) is 11.5 Å². The van der Waals surface area contributed by atoms with Crippen LogP contribution in [-0.4, -0.2) is 17.1 Å². The highest BCUT2D eigenvalue weighted by atomic mass is 35.5. The first-order valence-electron chi connectivity index (χ1n) is 6.67. The van der Waals surface area contributed by atoms with Crippen LogP contribution in [-0.2, 0) is 6.54 Å². The summed E-state index contributed by atoms with van der Waals surface area (Å²) in [5.41, 5.74) is 0.650. The summed E-state index contributed by atoms with van der Waals surface area (Å²) in [6.07, 6.45) is 0. The van der Waals surface area contributed by atoms with Gasteiger partial charge in [0.15, 0.2) is 0 Å². The standard InChI is InChI=1S/C15H18ClN3O2/c1-9(2)15-18-13(7-14(20)19-15)17-8-10-11(16)5-4-6-12(10)21-3/h4-7,9H,8H2,1-3H3,(H2,17,18,19,20). The van der Waals surface area contributed by atoms with Crippen LogP contribution in [0, 0.1) is 0 Å². The van der Waals surface area contributed by atoms with Crippen LogP contribution in [0.4, 0.5) is 5.82 Å². The van der Waals surface area contributed by atoms with Gasteiger partial charge in [-0.3, -0.25) is 4.79 Å². The number of methoxy groups -OCH3 is 1. The van der Waals surface area contributed by atoms with Crippen molar-refractivity contribution in [2.45, 2.75) is 26.3 Å². The van der Waals surface area contributed by atoms with Crippen LogP contribution in [0.3, 0.4) is 0 Å². The molecular weight excluding hydrogens is 290 g/mol. The Morgan fingerprint density at radius 1 is 1.43 bits per heavy atom. The topological polar surface area (TPSA) is 67.0 Å². The van der Waals surface area contributed by atoms with Crippen LogP contribution in [0.25, 0.3) is 0 Å². The molecule has 0 atom stereocenters. The number of hydrogen-bond acceptors (Lipinski definition) is 4. The minimum Gasteiger partial charge on any atom is -0.496 e. The SMILES string of the molecule is COc1cccc(Cl)c1CNc1cc(=O)[nH]c(C(C)C)n1. The van der Waals surface area contributed by atoms with E-state index in [2.05, 4.69) is 15.3 Å². The molecule has 1 aromatic carbocycles. The molecule has 0 bridgehead atoms. The van der Waals surface area contributed by atoms with Gasteiger partial charge < -0.3 is 15.0 Å². The molecule has 0 fully saturated rings. The molecular formula is C15H18ClN3O2. The molecule has 0 spiro atoms. The molecule has 21 heavy (non-hydrogen) atoms. The zero-order chi connectivity index (χ0) is 15.4. The highest BCUT2D eigenvalue weighted by Gasteiger charge is 2.09. The number of halogens is 1. The molecule has 2 aromatic rings. The van der Waals surface area contributed by atoms with Gasteiger partial charge in [0, 0.05) is 29.1 Å². The quantitative estimate of drug-likeness (QED) is 0.890. The second-order valence-electron chi connectivity index (χ2n) is 4.94. The smallest absolute Gasteiger partial charge is 0.252 e. The second-order valence-corrected chi connectivity index (χ2v) is 5.35. The van der Waals surface area contributed by atoms with Crippen LogP contribution < -0.4 is 15.6 Å². The largest absolute Gasteiger partial charge is 0.496 e. The summed E-state index contributed by atoms with van der Waals surface area (Å²) in [4.78, 5) is 18.7. The van der Waals surface area contributed by atoms with Crippen molar-refractivity contribution < 1.29 is 4.74 Å². The van der Waals surface area contributed by atoms with Gasteiger partial charge in [-0.25, -0.2) is 4.98 Å². The second kappa shape index (κ2) is 6.63. The van der Waals surface area contributed by atoms with E-state index in [1.807, 2.05) is 26.0 Å². The number of H-pyrrole nitrogens is 1. The lowest BCUT2D eigenvalue weighted by molar-refractivity contribution is 0.410. The molecule has 2 N–H and O–H groups in total. The summed E-state index contributed by atoms with van der Waals surface area (Å²) < 4.78 is 5.29. The number of aromatic nitrogens is 2. The van der Waals surface area contributed by atoms with Gasteiger partial charge in [0.2, 0.25) is 0 Å². The summed E-state index contributed by atoms with van der Waals surface area (Å²) in [5.74, 6) is 2.01. The zero-order valence-corrected chi connectivity index (χ0v) is 13.0. The van der Waals surface area contributed by atoms with Crippen LogP contribution in [0.2, 0.25) is 5.02 Å². The Morgan fingerprint density at radius 2 is 2.19 bits per heavy atom. The van der Waals surface area contributed by atoms with E-state index >= 15 is 0 Å². The fraction of sp³-hybridized carbons (Fsp3) is 0.333. The lowest BCUT2D eigenvalue weighted by Gasteiger charge is -2.12. The molecule has 6 heteroatoms.